The van der Waals surface area contributed by atoms with E-state index in [1.165, 1.54) is 0 Å². The molecular formula is C18H18ClN5O. The van der Waals surface area contributed by atoms with Crippen LogP contribution in [0.1, 0.15) is 6.92 Å². The number of hydrogen-bond donors (Lipinski definition) is 3. The highest BCUT2D eigenvalue weighted by Gasteiger charge is 2.09. The minimum Gasteiger partial charge on any atom is -0.394 e. The van der Waals surface area contributed by atoms with Crippen molar-refractivity contribution in [3.63, 3.8) is 0 Å². The number of nitrogens with one attached hydrogen (secondary N) is 2. The van der Waals surface area contributed by atoms with Gasteiger partial charge < -0.3 is 15.7 Å². The number of aliphatic hydroxyl groups excluding tert-OH is 1. The Morgan fingerprint density at radius 2 is 2.04 bits per heavy atom. The maximum atomic E-state index is 9.26. The van der Waals surface area contributed by atoms with Gasteiger partial charge in [-0.15, -0.1) is 0 Å². The predicted molar refractivity (Wildman–Crippen MR) is 100 cm³/mol. The van der Waals surface area contributed by atoms with E-state index in [0.29, 0.717) is 16.8 Å². The van der Waals surface area contributed by atoms with Gasteiger partial charge in [0.15, 0.2) is 0 Å². The van der Waals surface area contributed by atoms with Crippen LogP contribution in [-0.2, 0) is 0 Å². The minimum atomic E-state index is -0.164. The number of pyridine rings is 1. The summed E-state index contributed by atoms with van der Waals surface area (Å²) in [7, 11) is 0. The summed E-state index contributed by atoms with van der Waals surface area (Å²) in [5.74, 6) is 1.04. The number of anilines is 3. The lowest BCUT2D eigenvalue weighted by Crippen LogP contribution is -2.21. The maximum absolute atomic E-state index is 9.26. The number of benzene rings is 1. The third kappa shape index (κ3) is 4.65. The van der Waals surface area contributed by atoms with E-state index in [-0.39, 0.29) is 12.6 Å². The van der Waals surface area contributed by atoms with Gasteiger partial charge in [0.25, 0.3) is 0 Å². The van der Waals surface area contributed by atoms with Gasteiger partial charge >= 0.3 is 0 Å². The zero-order valence-corrected chi connectivity index (χ0v) is 14.4. The molecule has 0 aliphatic heterocycles. The molecule has 3 N–H and O–H groups in total. The second kappa shape index (κ2) is 7.92. The van der Waals surface area contributed by atoms with Crippen LogP contribution < -0.4 is 10.6 Å². The molecule has 0 saturated carbocycles. The first kappa shape index (κ1) is 17.1. The fourth-order valence-corrected chi connectivity index (χ4v) is 2.41. The third-order valence-corrected chi connectivity index (χ3v) is 3.66. The summed E-state index contributed by atoms with van der Waals surface area (Å²) >= 11 is 6.04. The normalized spacial score (nSPS) is 11.8. The van der Waals surface area contributed by atoms with Gasteiger partial charge in [0.2, 0.25) is 5.95 Å². The zero-order valence-electron chi connectivity index (χ0n) is 13.6. The average Bonchev–Trinajstić information content (AvgIpc) is 2.62. The third-order valence-electron chi connectivity index (χ3n) is 3.43. The summed E-state index contributed by atoms with van der Waals surface area (Å²) in [6.07, 6.45) is 3.45. The topological polar surface area (TPSA) is 83.0 Å². The first-order valence-corrected chi connectivity index (χ1v) is 8.21. The standard InChI is InChI=1S/C18H18ClN5O/c1-12(11-25)21-18-23-16(13-4-3-7-20-10-13)9-17(24-18)22-15-6-2-5-14(19)8-15/h2-10,12,25H,11H2,1H3,(H2,21,22,23,24)/t12-/m1/s1. The molecule has 6 nitrogen and oxygen atoms in total. The van der Waals surface area contributed by atoms with Gasteiger partial charge in [0.1, 0.15) is 5.82 Å². The Hall–Kier alpha value is -2.70. The van der Waals surface area contributed by atoms with Crippen LogP contribution in [0.2, 0.25) is 5.02 Å². The Balaban J connectivity index is 1.97. The van der Waals surface area contributed by atoms with E-state index >= 15 is 0 Å². The molecule has 0 aliphatic rings. The van der Waals surface area contributed by atoms with Gasteiger partial charge in [0, 0.05) is 40.8 Å². The molecule has 25 heavy (non-hydrogen) atoms. The van der Waals surface area contributed by atoms with E-state index in [0.717, 1.165) is 16.9 Å². The van der Waals surface area contributed by atoms with Crippen LogP contribution in [0.3, 0.4) is 0 Å². The summed E-state index contributed by atoms with van der Waals surface area (Å²) < 4.78 is 0. The molecule has 3 rings (SSSR count). The fraction of sp³-hybridized carbons (Fsp3) is 0.167. The quantitative estimate of drug-likeness (QED) is 0.625. The van der Waals surface area contributed by atoms with Crippen molar-refractivity contribution in [3.05, 3.63) is 59.9 Å². The van der Waals surface area contributed by atoms with E-state index in [1.54, 1.807) is 12.4 Å². The fourth-order valence-electron chi connectivity index (χ4n) is 2.22. The minimum absolute atomic E-state index is 0.0163. The molecular weight excluding hydrogens is 338 g/mol. The summed E-state index contributed by atoms with van der Waals surface area (Å²) in [6, 6.07) is 12.8. The number of aliphatic hydroxyl groups is 1. The Bertz CT molecular complexity index is 844. The second-order valence-electron chi connectivity index (χ2n) is 5.57. The molecule has 0 unspecified atom stereocenters. The molecule has 1 atom stereocenters. The summed E-state index contributed by atoms with van der Waals surface area (Å²) in [5.41, 5.74) is 2.42. The van der Waals surface area contributed by atoms with Crippen LogP contribution in [0.25, 0.3) is 11.3 Å². The molecule has 0 amide bonds. The molecule has 2 heterocycles. The van der Waals surface area contributed by atoms with E-state index in [1.807, 2.05) is 49.4 Å². The summed E-state index contributed by atoms with van der Waals surface area (Å²) in [6.45, 7) is 1.84. The molecule has 0 radical (unpaired) electrons. The average molecular weight is 356 g/mol. The molecule has 0 spiro atoms. The molecule has 3 aromatic rings. The van der Waals surface area contributed by atoms with Gasteiger partial charge in [-0.25, -0.2) is 4.98 Å². The highest BCUT2D eigenvalue weighted by atomic mass is 35.5. The molecule has 7 heteroatoms. The van der Waals surface area contributed by atoms with Crippen LogP contribution in [0, 0.1) is 0 Å². The van der Waals surface area contributed by atoms with Crippen molar-refractivity contribution in [1.82, 2.24) is 15.0 Å². The largest absolute Gasteiger partial charge is 0.394 e. The van der Waals surface area contributed by atoms with Crippen LogP contribution in [0.5, 0.6) is 0 Å². The van der Waals surface area contributed by atoms with Crippen molar-refractivity contribution in [3.8, 4) is 11.3 Å². The Morgan fingerprint density at radius 1 is 1.16 bits per heavy atom. The van der Waals surface area contributed by atoms with Crippen LogP contribution in [0.4, 0.5) is 17.5 Å². The van der Waals surface area contributed by atoms with E-state index < -0.39 is 0 Å². The molecule has 0 bridgehead atoms. The highest BCUT2D eigenvalue weighted by Crippen LogP contribution is 2.24. The molecule has 128 valence electrons. The number of hydrogen-bond acceptors (Lipinski definition) is 6. The Morgan fingerprint density at radius 3 is 2.76 bits per heavy atom. The predicted octanol–water partition coefficient (Wildman–Crippen LogP) is 3.73. The van der Waals surface area contributed by atoms with Gasteiger partial charge in [0.05, 0.1) is 12.3 Å². The molecule has 0 aliphatic carbocycles. The summed E-state index contributed by atoms with van der Waals surface area (Å²) in [4.78, 5) is 13.1. The number of nitrogens with zero attached hydrogens (tertiary/aromatic N) is 3. The van der Waals surface area contributed by atoms with Crippen molar-refractivity contribution >= 4 is 29.1 Å². The first-order valence-electron chi connectivity index (χ1n) is 7.83. The lowest BCUT2D eigenvalue weighted by atomic mass is 10.2. The van der Waals surface area contributed by atoms with E-state index in [9.17, 15) is 5.11 Å². The smallest absolute Gasteiger partial charge is 0.225 e. The van der Waals surface area contributed by atoms with Crippen LogP contribution in [-0.4, -0.2) is 32.7 Å². The zero-order chi connectivity index (χ0) is 17.6. The van der Waals surface area contributed by atoms with E-state index in [4.69, 9.17) is 11.6 Å². The molecule has 0 fully saturated rings. The van der Waals surface area contributed by atoms with E-state index in [2.05, 4.69) is 25.6 Å². The monoisotopic (exact) mass is 355 g/mol. The van der Waals surface area contributed by atoms with Crippen molar-refractivity contribution in [2.75, 3.05) is 17.2 Å². The van der Waals surface area contributed by atoms with Crippen LogP contribution >= 0.6 is 11.6 Å². The van der Waals surface area contributed by atoms with Gasteiger partial charge in [-0.1, -0.05) is 17.7 Å². The number of rotatable bonds is 6. The SMILES string of the molecule is C[C@H](CO)Nc1nc(Nc2cccc(Cl)c2)cc(-c2cccnc2)n1. The lowest BCUT2D eigenvalue weighted by molar-refractivity contribution is 0.281. The van der Waals surface area contributed by atoms with Gasteiger partial charge in [-0.3, -0.25) is 4.98 Å². The molecule has 2 aromatic heterocycles. The van der Waals surface area contributed by atoms with Crippen molar-refractivity contribution in [1.29, 1.82) is 0 Å². The number of aromatic nitrogens is 3. The Labute approximate surface area is 150 Å². The summed E-state index contributed by atoms with van der Waals surface area (Å²) in [5, 5.41) is 16.2. The maximum Gasteiger partial charge on any atom is 0.225 e. The van der Waals surface area contributed by atoms with Gasteiger partial charge in [-0.05, 0) is 37.3 Å². The Kier molecular flexibility index (Phi) is 5.42. The second-order valence-corrected chi connectivity index (χ2v) is 6.00. The number of halogens is 1. The van der Waals surface area contributed by atoms with Crippen molar-refractivity contribution in [2.24, 2.45) is 0 Å². The lowest BCUT2D eigenvalue weighted by Gasteiger charge is -2.14. The highest BCUT2D eigenvalue weighted by molar-refractivity contribution is 6.30. The van der Waals surface area contributed by atoms with Crippen molar-refractivity contribution < 1.29 is 5.11 Å². The van der Waals surface area contributed by atoms with Crippen LogP contribution in [0.15, 0.2) is 54.9 Å². The molecule has 1 aromatic carbocycles. The first-order chi connectivity index (χ1) is 12.1. The van der Waals surface area contributed by atoms with Crippen molar-refractivity contribution in [2.45, 2.75) is 13.0 Å². The van der Waals surface area contributed by atoms with Gasteiger partial charge in [-0.2, -0.15) is 4.98 Å². The molecule has 0 saturated heterocycles.